The van der Waals surface area contributed by atoms with E-state index in [0.717, 1.165) is 18.6 Å². The number of benzene rings is 1. The van der Waals surface area contributed by atoms with Crippen molar-refractivity contribution < 1.29 is 14.3 Å². The standard InChI is InChI=1S/C26H31N7O3S/c1-29-25(34)33-26-30-15-23(37-26)21-13-20(31-24(32-21)19(28)14-27)18-12-17(8-9-22(18)35-2)36-11-10-16-6-4-3-5-7-16/h8-9,12-16,27-28H,3-7,10-11H2,1-2H3,(H2,29,30,33,34). The number of urea groups is 1. The van der Waals surface area contributed by atoms with Gasteiger partial charge in [-0.1, -0.05) is 43.4 Å². The Kier molecular flexibility index (Phi) is 8.78. The maximum Gasteiger partial charge on any atom is 0.320 e. The summed E-state index contributed by atoms with van der Waals surface area (Å²) >= 11 is 1.24. The first kappa shape index (κ1) is 26.2. The summed E-state index contributed by atoms with van der Waals surface area (Å²) in [6.07, 6.45) is 10.1. The molecule has 0 radical (unpaired) electrons. The Morgan fingerprint density at radius 1 is 1.19 bits per heavy atom. The molecule has 1 aliphatic rings. The predicted octanol–water partition coefficient (Wildman–Crippen LogP) is 5.39. The summed E-state index contributed by atoms with van der Waals surface area (Å²) in [5.74, 6) is 2.14. The van der Waals surface area contributed by atoms with Gasteiger partial charge in [-0.25, -0.2) is 19.7 Å². The van der Waals surface area contributed by atoms with Gasteiger partial charge in [0.2, 0.25) is 0 Å². The highest BCUT2D eigenvalue weighted by atomic mass is 32.1. The lowest BCUT2D eigenvalue weighted by molar-refractivity contribution is 0.246. The van der Waals surface area contributed by atoms with Gasteiger partial charge in [0, 0.05) is 25.0 Å². The molecule has 1 aliphatic carbocycles. The third-order valence-electron chi connectivity index (χ3n) is 6.28. The number of ether oxygens (including phenoxy) is 2. The molecule has 0 saturated heterocycles. The number of nitrogens with one attached hydrogen (secondary N) is 4. The molecule has 194 valence electrons. The van der Waals surface area contributed by atoms with Gasteiger partial charge in [-0.15, -0.1) is 0 Å². The molecule has 37 heavy (non-hydrogen) atoms. The lowest BCUT2D eigenvalue weighted by Gasteiger charge is -2.21. The minimum atomic E-state index is -0.374. The van der Waals surface area contributed by atoms with Gasteiger partial charge >= 0.3 is 6.03 Å². The van der Waals surface area contributed by atoms with E-state index in [-0.39, 0.29) is 17.6 Å². The van der Waals surface area contributed by atoms with Crippen molar-refractivity contribution in [3.8, 4) is 33.3 Å². The van der Waals surface area contributed by atoms with Crippen molar-refractivity contribution >= 4 is 34.4 Å². The summed E-state index contributed by atoms with van der Waals surface area (Å²) in [7, 11) is 3.11. The molecule has 1 aromatic carbocycles. The van der Waals surface area contributed by atoms with Crippen LogP contribution in [0.2, 0.25) is 0 Å². The van der Waals surface area contributed by atoms with Gasteiger partial charge in [0.15, 0.2) is 11.0 Å². The van der Waals surface area contributed by atoms with E-state index in [4.69, 9.17) is 20.3 Å². The van der Waals surface area contributed by atoms with E-state index in [1.165, 1.54) is 50.5 Å². The monoisotopic (exact) mass is 521 g/mol. The van der Waals surface area contributed by atoms with Gasteiger partial charge in [0.1, 0.15) is 17.2 Å². The van der Waals surface area contributed by atoms with Crippen LogP contribution in [0.5, 0.6) is 11.5 Å². The van der Waals surface area contributed by atoms with E-state index in [9.17, 15) is 4.79 Å². The minimum absolute atomic E-state index is 0.0994. The molecule has 3 aromatic rings. The Bertz CT molecular complexity index is 1270. The highest BCUT2D eigenvalue weighted by Crippen LogP contribution is 2.36. The second kappa shape index (κ2) is 12.4. The number of aromatic nitrogens is 3. The Morgan fingerprint density at radius 2 is 1.97 bits per heavy atom. The number of amides is 2. The predicted molar refractivity (Wildman–Crippen MR) is 146 cm³/mol. The zero-order valence-electron chi connectivity index (χ0n) is 21.0. The third-order valence-corrected chi connectivity index (χ3v) is 7.22. The first-order valence-corrected chi connectivity index (χ1v) is 13.1. The average molecular weight is 522 g/mol. The lowest BCUT2D eigenvalue weighted by atomic mass is 9.87. The first-order chi connectivity index (χ1) is 18.0. The Morgan fingerprint density at radius 3 is 2.70 bits per heavy atom. The van der Waals surface area contributed by atoms with E-state index in [0.29, 0.717) is 45.1 Å². The average Bonchev–Trinajstić information content (AvgIpc) is 3.41. The van der Waals surface area contributed by atoms with E-state index in [1.54, 1.807) is 19.4 Å². The summed E-state index contributed by atoms with van der Waals surface area (Å²) in [6, 6.07) is 7.01. The van der Waals surface area contributed by atoms with Crippen molar-refractivity contribution in [2.75, 3.05) is 26.1 Å². The molecule has 1 saturated carbocycles. The molecule has 10 nitrogen and oxygen atoms in total. The number of thiazole rings is 1. The molecule has 0 bridgehead atoms. The van der Waals surface area contributed by atoms with Crippen LogP contribution < -0.4 is 20.1 Å². The maximum absolute atomic E-state index is 11.7. The summed E-state index contributed by atoms with van der Waals surface area (Å²) in [6.45, 7) is 0.650. The van der Waals surface area contributed by atoms with Crippen LogP contribution in [0.1, 0.15) is 44.3 Å². The Balaban J connectivity index is 1.64. The van der Waals surface area contributed by atoms with Crippen molar-refractivity contribution in [1.29, 1.82) is 10.8 Å². The summed E-state index contributed by atoms with van der Waals surface area (Å²) in [5, 5.41) is 21.2. The van der Waals surface area contributed by atoms with Crippen LogP contribution in [0.15, 0.2) is 30.5 Å². The van der Waals surface area contributed by atoms with E-state index >= 15 is 0 Å². The largest absolute Gasteiger partial charge is 0.496 e. The molecular weight excluding hydrogens is 490 g/mol. The quantitative estimate of drug-likeness (QED) is 0.263. The van der Waals surface area contributed by atoms with Crippen LogP contribution in [-0.2, 0) is 0 Å². The molecule has 0 unspecified atom stereocenters. The third kappa shape index (κ3) is 6.67. The van der Waals surface area contributed by atoms with Gasteiger partial charge in [0.05, 0.1) is 30.0 Å². The highest BCUT2D eigenvalue weighted by Gasteiger charge is 2.18. The Hall–Kier alpha value is -3.86. The molecule has 2 aromatic heterocycles. The van der Waals surface area contributed by atoms with Crippen LogP contribution in [0.3, 0.4) is 0 Å². The van der Waals surface area contributed by atoms with Gasteiger partial charge in [-0.3, -0.25) is 10.7 Å². The van der Waals surface area contributed by atoms with Crippen molar-refractivity contribution in [3.63, 3.8) is 0 Å². The molecule has 0 spiro atoms. The minimum Gasteiger partial charge on any atom is -0.496 e. The van der Waals surface area contributed by atoms with Crippen LogP contribution in [-0.4, -0.2) is 53.7 Å². The second-order valence-corrected chi connectivity index (χ2v) is 9.79. The molecule has 4 N–H and O–H groups in total. The van der Waals surface area contributed by atoms with Gasteiger partial charge in [-0.05, 0) is 36.6 Å². The van der Waals surface area contributed by atoms with Crippen LogP contribution in [0.4, 0.5) is 9.93 Å². The summed E-state index contributed by atoms with van der Waals surface area (Å²) in [5.41, 5.74) is 1.60. The van der Waals surface area contributed by atoms with E-state index in [1.807, 2.05) is 18.2 Å². The fraction of sp³-hybridized carbons (Fsp3) is 0.385. The molecule has 1 fully saturated rings. The van der Waals surface area contributed by atoms with Crippen LogP contribution in [0, 0.1) is 16.7 Å². The number of carbonyl (C=O) groups is 1. The van der Waals surface area contributed by atoms with Gasteiger partial charge < -0.3 is 20.2 Å². The van der Waals surface area contributed by atoms with Crippen molar-refractivity contribution in [1.82, 2.24) is 20.3 Å². The Labute approximate surface area is 219 Å². The number of anilines is 1. The SMILES string of the molecule is CNC(=O)Nc1ncc(-c2cc(-c3cc(OCCC4CCCCC4)ccc3OC)nc(C(=N)C=N)n2)s1. The highest BCUT2D eigenvalue weighted by molar-refractivity contribution is 7.19. The molecule has 2 heterocycles. The zero-order chi connectivity index (χ0) is 26.2. The number of methoxy groups -OCH3 is 1. The second-order valence-electron chi connectivity index (χ2n) is 8.76. The summed E-state index contributed by atoms with van der Waals surface area (Å²) < 4.78 is 11.7. The molecule has 2 amide bonds. The van der Waals surface area contributed by atoms with Gasteiger partial charge in [0.25, 0.3) is 0 Å². The number of carbonyl (C=O) groups excluding carboxylic acids is 1. The number of rotatable bonds is 10. The molecule has 11 heteroatoms. The smallest absolute Gasteiger partial charge is 0.320 e. The molecule has 4 rings (SSSR count). The fourth-order valence-electron chi connectivity index (χ4n) is 4.30. The van der Waals surface area contributed by atoms with Crippen molar-refractivity contribution in [2.45, 2.75) is 38.5 Å². The van der Waals surface area contributed by atoms with Crippen molar-refractivity contribution in [2.24, 2.45) is 5.92 Å². The van der Waals surface area contributed by atoms with Crippen molar-refractivity contribution in [3.05, 3.63) is 36.3 Å². The number of hydrogen-bond donors (Lipinski definition) is 4. The molecule has 0 atom stereocenters. The summed E-state index contributed by atoms with van der Waals surface area (Å²) in [4.78, 5) is 25.6. The van der Waals surface area contributed by atoms with E-state index < -0.39 is 0 Å². The van der Waals surface area contributed by atoms with Crippen LogP contribution >= 0.6 is 11.3 Å². The van der Waals surface area contributed by atoms with Gasteiger partial charge in [-0.2, -0.15) is 0 Å². The number of nitrogens with zero attached hydrogens (tertiary/aromatic N) is 3. The maximum atomic E-state index is 11.7. The molecule has 0 aliphatic heterocycles. The molecular formula is C26H31N7O3S. The van der Waals surface area contributed by atoms with E-state index in [2.05, 4.69) is 25.6 Å². The fourth-order valence-corrected chi connectivity index (χ4v) is 5.07. The normalized spacial score (nSPS) is 13.6. The number of hydrogen-bond acceptors (Lipinski definition) is 9. The topological polar surface area (TPSA) is 146 Å². The first-order valence-electron chi connectivity index (χ1n) is 12.2. The lowest BCUT2D eigenvalue weighted by Crippen LogP contribution is -2.24. The van der Waals surface area contributed by atoms with Crippen LogP contribution in [0.25, 0.3) is 21.8 Å². The zero-order valence-corrected chi connectivity index (χ0v) is 21.8.